The molecule has 1 atom stereocenters. The fourth-order valence-electron chi connectivity index (χ4n) is 4.11. The molecule has 8 heteroatoms. The molecule has 3 aliphatic rings. The van der Waals surface area contributed by atoms with Crippen LogP contribution in [0.5, 0.6) is 0 Å². The maximum absolute atomic E-state index is 13.9. The maximum Gasteiger partial charge on any atom is 0.247 e. The Hall–Kier alpha value is -3.18. The van der Waals surface area contributed by atoms with Gasteiger partial charge >= 0.3 is 0 Å². The summed E-state index contributed by atoms with van der Waals surface area (Å²) in [5.41, 5.74) is 8.02. The minimum Gasteiger partial charge on any atom is -0.356 e. The Morgan fingerprint density at radius 2 is 2.24 bits per heavy atom. The van der Waals surface area contributed by atoms with E-state index in [0.29, 0.717) is 23.5 Å². The quantitative estimate of drug-likeness (QED) is 0.840. The molecule has 0 unspecified atom stereocenters. The van der Waals surface area contributed by atoms with E-state index in [1.54, 1.807) is 18.1 Å². The van der Waals surface area contributed by atoms with Crippen LogP contribution in [0.1, 0.15) is 24.0 Å². The van der Waals surface area contributed by atoms with E-state index in [9.17, 15) is 14.4 Å². The van der Waals surface area contributed by atoms with Gasteiger partial charge in [0.1, 0.15) is 17.5 Å². The number of piperidine rings is 1. The van der Waals surface area contributed by atoms with Gasteiger partial charge in [0.15, 0.2) is 0 Å². The third-order valence-electron chi connectivity index (χ3n) is 5.54. The van der Waals surface area contributed by atoms with Crippen molar-refractivity contribution in [1.82, 2.24) is 14.7 Å². The van der Waals surface area contributed by atoms with Crippen LogP contribution in [-0.2, 0) is 11.3 Å². The summed E-state index contributed by atoms with van der Waals surface area (Å²) in [6.45, 7) is 1.83. The Morgan fingerprint density at radius 1 is 1.41 bits per heavy atom. The topological polar surface area (TPSA) is 89.0 Å². The van der Waals surface area contributed by atoms with Gasteiger partial charge in [-0.05, 0) is 42.7 Å². The molecule has 2 N–H and O–H groups in total. The minimum absolute atomic E-state index is 0.0463. The molecular weight excluding hydrogens is 371 g/mol. The largest absolute Gasteiger partial charge is 0.356 e. The van der Waals surface area contributed by atoms with Crippen molar-refractivity contribution in [3.8, 4) is 6.07 Å². The highest BCUT2D eigenvalue weighted by molar-refractivity contribution is 6.12. The number of nitrogens with zero attached hydrogens (tertiary/aromatic N) is 5. The van der Waals surface area contributed by atoms with Gasteiger partial charge in [0.2, 0.25) is 5.91 Å². The van der Waals surface area contributed by atoms with Gasteiger partial charge in [-0.1, -0.05) is 0 Å². The number of hydrogen-bond acceptors (Lipinski definition) is 6. The number of benzene rings is 1. The molecule has 150 valence electrons. The van der Waals surface area contributed by atoms with Gasteiger partial charge in [0.25, 0.3) is 0 Å². The second kappa shape index (κ2) is 7.68. The van der Waals surface area contributed by atoms with E-state index in [1.165, 1.54) is 18.2 Å². The number of hydrogen-bond donors (Lipinski definition) is 1. The molecule has 1 amide bonds. The Labute approximate surface area is 169 Å². The summed E-state index contributed by atoms with van der Waals surface area (Å²) in [4.78, 5) is 22.9. The van der Waals surface area contributed by atoms with Crippen molar-refractivity contribution in [2.75, 3.05) is 26.7 Å². The molecular formula is C21H23FN6O. The molecule has 1 fully saturated rings. The van der Waals surface area contributed by atoms with Gasteiger partial charge in [0.05, 0.1) is 23.8 Å². The second-order valence-corrected chi connectivity index (χ2v) is 7.58. The molecule has 0 radical (unpaired) electrons. The van der Waals surface area contributed by atoms with Crippen molar-refractivity contribution in [3.63, 3.8) is 0 Å². The number of nitriles is 1. The predicted molar refractivity (Wildman–Crippen MR) is 107 cm³/mol. The molecule has 3 aliphatic heterocycles. The van der Waals surface area contributed by atoms with Gasteiger partial charge in [-0.25, -0.2) is 9.38 Å². The van der Waals surface area contributed by atoms with E-state index in [2.05, 4.69) is 16.0 Å². The lowest BCUT2D eigenvalue weighted by molar-refractivity contribution is -0.127. The fourth-order valence-corrected chi connectivity index (χ4v) is 4.11. The zero-order valence-corrected chi connectivity index (χ0v) is 16.3. The third-order valence-corrected chi connectivity index (χ3v) is 5.54. The number of likely N-dealkylation sites (N-methyl/N-ethyl adjacent to an activating group) is 1. The number of carbonyl (C=O) groups is 1. The standard InChI is InChI=1S/C21H23FN6O/c1-26-19(29)13-28(11-15-9-16(22)5-4-14(15)10-23)21(18-6-7-25-20(18)26)27-8-2-3-17(24)12-27/h4-7,9,17H,2-3,8,11-13,24H2,1H3/t17-/m1/s1. The van der Waals surface area contributed by atoms with Gasteiger partial charge < -0.3 is 15.5 Å². The smallest absolute Gasteiger partial charge is 0.247 e. The first-order valence-corrected chi connectivity index (χ1v) is 9.67. The molecule has 0 bridgehead atoms. The van der Waals surface area contributed by atoms with Crippen LogP contribution in [0, 0.1) is 17.1 Å². The molecule has 3 heterocycles. The van der Waals surface area contributed by atoms with Crippen LogP contribution < -0.4 is 5.73 Å². The Balaban J connectivity index is 1.80. The van der Waals surface area contributed by atoms with Crippen molar-refractivity contribution >= 4 is 11.7 Å². The molecule has 29 heavy (non-hydrogen) atoms. The third kappa shape index (κ3) is 3.61. The molecule has 0 aliphatic carbocycles. The van der Waals surface area contributed by atoms with Crippen LogP contribution in [0.3, 0.4) is 0 Å². The number of rotatable bonds is 3. The van der Waals surface area contributed by atoms with Crippen molar-refractivity contribution in [3.05, 3.63) is 58.8 Å². The average molecular weight is 394 g/mol. The summed E-state index contributed by atoms with van der Waals surface area (Å²) < 4.78 is 13.9. The van der Waals surface area contributed by atoms with Crippen LogP contribution >= 0.6 is 0 Å². The molecule has 1 saturated heterocycles. The normalized spacial score (nSPS) is 21.9. The molecule has 0 spiro atoms. The SMILES string of the molecule is CN1C(=O)CN(Cc2cc(F)ccc2C#N)C(N2CCC[C@@H](N)C2)=C2C=CN=C21. The van der Waals surface area contributed by atoms with Crippen LogP contribution in [-0.4, -0.2) is 59.2 Å². The highest BCUT2D eigenvalue weighted by Gasteiger charge is 2.35. The summed E-state index contributed by atoms with van der Waals surface area (Å²) in [5, 5.41) is 9.45. The summed E-state index contributed by atoms with van der Waals surface area (Å²) >= 11 is 0. The summed E-state index contributed by atoms with van der Waals surface area (Å²) in [6, 6.07) is 6.28. The maximum atomic E-state index is 13.9. The average Bonchev–Trinajstić information content (AvgIpc) is 3.13. The number of likely N-dealkylation sites (tertiary alicyclic amines) is 1. The van der Waals surface area contributed by atoms with Crippen molar-refractivity contribution in [2.45, 2.75) is 25.4 Å². The highest BCUT2D eigenvalue weighted by atomic mass is 19.1. The summed E-state index contributed by atoms with van der Waals surface area (Å²) in [5.74, 6) is 0.940. The lowest BCUT2D eigenvalue weighted by atomic mass is 10.0. The first kappa shape index (κ1) is 19.2. The molecule has 0 aromatic heterocycles. The monoisotopic (exact) mass is 394 g/mol. The van der Waals surface area contributed by atoms with Crippen LogP contribution in [0.15, 0.2) is 46.9 Å². The number of fused-ring (bicyclic) bond motifs is 1. The van der Waals surface area contributed by atoms with Crippen LogP contribution in [0.4, 0.5) is 4.39 Å². The first-order valence-electron chi connectivity index (χ1n) is 9.67. The summed E-state index contributed by atoms with van der Waals surface area (Å²) in [7, 11) is 1.71. The van der Waals surface area contributed by atoms with E-state index in [1.807, 2.05) is 11.0 Å². The molecule has 0 saturated carbocycles. The van der Waals surface area contributed by atoms with Crippen LogP contribution in [0.25, 0.3) is 0 Å². The highest BCUT2D eigenvalue weighted by Crippen LogP contribution is 2.29. The predicted octanol–water partition coefficient (Wildman–Crippen LogP) is 1.53. The number of nitrogens with two attached hydrogens (primary N) is 1. The zero-order chi connectivity index (χ0) is 20.5. The number of aliphatic imine (C=N–C) groups is 1. The molecule has 4 rings (SSSR count). The van der Waals surface area contributed by atoms with Gasteiger partial charge in [0, 0.05) is 38.9 Å². The first-order chi connectivity index (χ1) is 14.0. The van der Waals surface area contributed by atoms with Crippen LogP contribution in [0.2, 0.25) is 0 Å². The lowest BCUT2D eigenvalue weighted by Crippen LogP contribution is -2.47. The van der Waals surface area contributed by atoms with Gasteiger partial charge in [-0.2, -0.15) is 5.26 Å². The van der Waals surface area contributed by atoms with E-state index >= 15 is 0 Å². The number of amides is 1. The van der Waals surface area contributed by atoms with Crippen molar-refractivity contribution in [1.29, 1.82) is 5.26 Å². The minimum atomic E-state index is -0.408. The second-order valence-electron chi connectivity index (χ2n) is 7.58. The molecule has 1 aromatic carbocycles. The number of amidine groups is 1. The molecule has 7 nitrogen and oxygen atoms in total. The summed E-state index contributed by atoms with van der Waals surface area (Å²) in [6.07, 6.45) is 5.49. The lowest BCUT2D eigenvalue weighted by Gasteiger charge is -2.39. The van der Waals surface area contributed by atoms with E-state index in [0.717, 1.165) is 30.8 Å². The zero-order valence-electron chi connectivity index (χ0n) is 16.3. The van der Waals surface area contributed by atoms with E-state index in [-0.39, 0.29) is 25.0 Å². The van der Waals surface area contributed by atoms with Crippen molar-refractivity contribution in [2.24, 2.45) is 10.7 Å². The van der Waals surface area contributed by atoms with Crippen molar-refractivity contribution < 1.29 is 9.18 Å². The van der Waals surface area contributed by atoms with Gasteiger partial charge in [-0.15, -0.1) is 0 Å². The number of carbonyl (C=O) groups excluding carboxylic acids is 1. The van der Waals surface area contributed by atoms with E-state index in [4.69, 9.17) is 5.73 Å². The number of halogens is 1. The van der Waals surface area contributed by atoms with Gasteiger partial charge in [-0.3, -0.25) is 9.69 Å². The Morgan fingerprint density at radius 3 is 3.00 bits per heavy atom. The van der Waals surface area contributed by atoms with E-state index < -0.39 is 5.82 Å². The Bertz CT molecular complexity index is 976. The molecule has 1 aromatic rings. The fraction of sp³-hybridized carbons (Fsp3) is 0.381. The Kier molecular flexibility index (Phi) is 5.07.